The molecule has 1 aromatic carbocycles. The summed E-state index contributed by atoms with van der Waals surface area (Å²) in [6.07, 6.45) is 2.37. The molecule has 0 spiro atoms. The zero-order chi connectivity index (χ0) is 10.8. The molecule has 0 bridgehead atoms. The van der Waals surface area contributed by atoms with Crippen molar-refractivity contribution in [3.8, 4) is 11.3 Å². The minimum Gasteiger partial charge on any atom is -0.356 e. The lowest BCUT2D eigenvalue weighted by Gasteiger charge is -2.02. The van der Waals surface area contributed by atoms with Crippen LogP contribution >= 0.6 is 0 Å². The molecule has 3 nitrogen and oxygen atoms in total. The van der Waals surface area contributed by atoms with Gasteiger partial charge in [0.05, 0.1) is 6.04 Å². The third kappa shape index (κ3) is 1.74. The van der Waals surface area contributed by atoms with Gasteiger partial charge in [0.1, 0.15) is 5.69 Å². The van der Waals surface area contributed by atoms with Gasteiger partial charge in [0.2, 0.25) is 0 Å². The zero-order valence-corrected chi connectivity index (χ0v) is 9.02. The molecule has 1 unspecified atom stereocenters. The molecule has 0 radical (unpaired) electrons. The van der Waals surface area contributed by atoms with Gasteiger partial charge in [-0.25, -0.2) is 0 Å². The number of nitrogens with zero attached hydrogens (tertiary/aromatic N) is 1. The largest absolute Gasteiger partial charge is 0.356 e. The monoisotopic (exact) mass is 214 g/mol. The second-order valence-electron chi connectivity index (χ2n) is 4.13. The molecule has 1 fully saturated rings. The van der Waals surface area contributed by atoms with E-state index in [0.29, 0.717) is 6.04 Å². The molecule has 1 atom stereocenters. The fourth-order valence-corrected chi connectivity index (χ4v) is 2.13. The molecule has 1 saturated heterocycles. The number of nitrogens with one attached hydrogen (secondary N) is 1. The standard InChI is InChI=1S/C13H14N2O/c1-2-5-10(6-3-1)13-9-12(15-16-13)11-7-4-8-14-11/h1-3,5-6,9,11,14H,4,7-8H2. The van der Waals surface area contributed by atoms with E-state index in [0.717, 1.165) is 30.0 Å². The summed E-state index contributed by atoms with van der Waals surface area (Å²) in [5.41, 5.74) is 2.11. The van der Waals surface area contributed by atoms with Crippen molar-refractivity contribution in [3.63, 3.8) is 0 Å². The fraction of sp³-hybridized carbons (Fsp3) is 0.308. The first kappa shape index (κ1) is 9.60. The Kier molecular flexibility index (Phi) is 2.46. The van der Waals surface area contributed by atoms with Crippen molar-refractivity contribution in [2.24, 2.45) is 0 Å². The van der Waals surface area contributed by atoms with Crippen molar-refractivity contribution in [1.29, 1.82) is 0 Å². The molecule has 1 aliphatic rings. The molecular formula is C13H14N2O. The minimum atomic E-state index is 0.376. The van der Waals surface area contributed by atoms with E-state index >= 15 is 0 Å². The van der Waals surface area contributed by atoms with Gasteiger partial charge in [0, 0.05) is 11.6 Å². The fourth-order valence-electron chi connectivity index (χ4n) is 2.13. The molecule has 2 heterocycles. The number of benzene rings is 1. The van der Waals surface area contributed by atoms with Crippen LogP contribution < -0.4 is 5.32 Å². The third-order valence-electron chi connectivity index (χ3n) is 3.00. The van der Waals surface area contributed by atoms with Crippen LogP contribution in [0.15, 0.2) is 40.9 Å². The highest BCUT2D eigenvalue weighted by Crippen LogP contribution is 2.26. The Bertz CT molecular complexity index is 458. The van der Waals surface area contributed by atoms with Crippen LogP contribution in [0.4, 0.5) is 0 Å². The van der Waals surface area contributed by atoms with E-state index in [1.165, 1.54) is 6.42 Å². The van der Waals surface area contributed by atoms with Gasteiger partial charge >= 0.3 is 0 Å². The summed E-state index contributed by atoms with van der Waals surface area (Å²) in [7, 11) is 0. The summed E-state index contributed by atoms with van der Waals surface area (Å²) >= 11 is 0. The van der Waals surface area contributed by atoms with E-state index in [1.54, 1.807) is 0 Å². The number of aromatic nitrogens is 1. The van der Waals surface area contributed by atoms with E-state index in [1.807, 2.05) is 36.4 Å². The minimum absolute atomic E-state index is 0.376. The lowest BCUT2D eigenvalue weighted by atomic mass is 10.1. The molecule has 2 aromatic rings. The molecule has 16 heavy (non-hydrogen) atoms. The normalized spacial score (nSPS) is 20.1. The van der Waals surface area contributed by atoms with Gasteiger partial charge in [-0.1, -0.05) is 35.5 Å². The molecule has 3 heteroatoms. The summed E-state index contributed by atoms with van der Waals surface area (Å²) in [4.78, 5) is 0. The van der Waals surface area contributed by atoms with Crippen molar-refractivity contribution in [3.05, 3.63) is 42.1 Å². The van der Waals surface area contributed by atoms with Gasteiger partial charge in [-0.15, -0.1) is 0 Å². The lowest BCUT2D eigenvalue weighted by Crippen LogP contribution is -2.12. The van der Waals surface area contributed by atoms with E-state index in [9.17, 15) is 0 Å². The maximum absolute atomic E-state index is 5.37. The average Bonchev–Trinajstić information content (AvgIpc) is 3.01. The van der Waals surface area contributed by atoms with Crippen LogP contribution in [0.5, 0.6) is 0 Å². The zero-order valence-electron chi connectivity index (χ0n) is 9.02. The summed E-state index contributed by atoms with van der Waals surface area (Å²) in [5, 5.41) is 7.55. The Hall–Kier alpha value is -1.61. The second-order valence-corrected chi connectivity index (χ2v) is 4.13. The Labute approximate surface area is 94.5 Å². The van der Waals surface area contributed by atoms with Crippen LogP contribution in [0.3, 0.4) is 0 Å². The van der Waals surface area contributed by atoms with Crippen LogP contribution in [0.2, 0.25) is 0 Å². The summed E-state index contributed by atoms with van der Waals surface area (Å²) in [5.74, 6) is 0.851. The first-order valence-corrected chi connectivity index (χ1v) is 5.69. The average molecular weight is 214 g/mol. The molecule has 0 saturated carbocycles. The summed E-state index contributed by atoms with van der Waals surface area (Å²) in [6, 6.07) is 12.5. The molecular weight excluding hydrogens is 200 g/mol. The summed E-state index contributed by atoms with van der Waals surface area (Å²) < 4.78 is 5.37. The van der Waals surface area contributed by atoms with E-state index in [2.05, 4.69) is 10.5 Å². The van der Waals surface area contributed by atoms with Gasteiger partial charge < -0.3 is 9.84 Å². The summed E-state index contributed by atoms with van der Waals surface area (Å²) in [6.45, 7) is 1.08. The second kappa shape index (κ2) is 4.10. The van der Waals surface area contributed by atoms with E-state index in [-0.39, 0.29) is 0 Å². The SMILES string of the molecule is c1ccc(-c2cc(C3CCCN3)no2)cc1. The smallest absolute Gasteiger partial charge is 0.167 e. The molecule has 0 aliphatic carbocycles. The van der Waals surface area contributed by atoms with Gasteiger partial charge in [-0.05, 0) is 19.4 Å². The van der Waals surface area contributed by atoms with Crippen molar-refractivity contribution in [2.45, 2.75) is 18.9 Å². The van der Waals surface area contributed by atoms with Crippen molar-refractivity contribution < 1.29 is 4.52 Å². The maximum Gasteiger partial charge on any atom is 0.167 e. The number of hydrogen-bond donors (Lipinski definition) is 1. The molecule has 1 aliphatic heterocycles. The lowest BCUT2D eigenvalue weighted by molar-refractivity contribution is 0.412. The van der Waals surface area contributed by atoms with Crippen molar-refractivity contribution >= 4 is 0 Å². The van der Waals surface area contributed by atoms with Gasteiger partial charge in [-0.2, -0.15) is 0 Å². The first-order chi connectivity index (χ1) is 7.93. The molecule has 82 valence electrons. The predicted molar refractivity (Wildman–Crippen MR) is 61.9 cm³/mol. The Morgan fingerprint density at radius 1 is 1.25 bits per heavy atom. The van der Waals surface area contributed by atoms with Crippen molar-refractivity contribution in [1.82, 2.24) is 10.5 Å². The number of rotatable bonds is 2. The first-order valence-electron chi connectivity index (χ1n) is 5.69. The third-order valence-corrected chi connectivity index (χ3v) is 3.00. The molecule has 1 N–H and O–H groups in total. The Balaban J connectivity index is 1.87. The molecule has 0 amide bonds. The van der Waals surface area contributed by atoms with E-state index < -0.39 is 0 Å². The molecule has 3 rings (SSSR count). The van der Waals surface area contributed by atoms with Gasteiger partial charge in [0.25, 0.3) is 0 Å². The topological polar surface area (TPSA) is 38.1 Å². The van der Waals surface area contributed by atoms with Crippen LogP contribution in [0.25, 0.3) is 11.3 Å². The highest BCUT2D eigenvalue weighted by Gasteiger charge is 2.20. The van der Waals surface area contributed by atoms with E-state index in [4.69, 9.17) is 4.52 Å². The highest BCUT2D eigenvalue weighted by molar-refractivity contribution is 5.57. The van der Waals surface area contributed by atoms with Crippen LogP contribution in [0, 0.1) is 0 Å². The molecule has 1 aromatic heterocycles. The van der Waals surface area contributed by atoms with Crippen LogP contribution in [0.1, 0.15) is 24.6 Å². The highest BCUT2D eigenvalue weighted by atomic mass is 16.5. The van der Waals surface area contributed by atoms with Gasteiger partial charge in [-0.3, -0.25) is 0 Å². The maximum atomic E-state index is 5.37. The Morgan fingerprint density at radius 3 is 2.88 bits per heavy atom. The number of hydrogen-bond acceptors (Lipinski definition) is 3. The van der Waals surface area contributed by atoms with Crippen molar-refractivity contribution in [2.75, 3.05) is 6.54 Å². The van der Waals surface area contributed by atoms with Crippen LogP contribution in [-0.4, -0.2) is 11.7 Å². The Morgan fingerprint density at radius 2 is 2.12 bits per heavy atom. The predicted octanol–water partition coefficient (Wildman–Crippen LogP) is 2.77. The van der Waals surface area contributed by atoms with Gasteiger partial charge in [0.15, 0.2) is 5.76 Å². The van der Waals surface area contributed by atoms with Crippen LogP contribution in [-0.2, 0) is 0 Å². The quantitative estimate of drug-likeness (QED) is 0.835.